The Kier molecular flexibility index (Phi) is 5.69. The Balaban J connectivity index is 2.83. The van der Waals surface area contributed by atoms with Crippen LogP contribution < -0.4 is 4.74 Å². The van der Waals surface area contributed by atoms with E-state index in [2.05, 4.69) is 0 Å². The van der Waals surface area contributed by atoms with Crippen LogP contribution in [0.5, 0.6) is 5.75 Å². The molecule has 0 radical (unpaired) electrons. The first-order chi connectivity index (χ1) is 8.87. The van der Waals surface area contributed by atoms with Crippen LogP contribution in [0.25, 0.3) is 0 Å². The van der Waals surface area contributed by atoms with E-state index in [1.54, 1.807) is 19.2 Å². The van der Waals surface area contributed by atoms with E-state index in [1.807, 2.05) is 26.0 Å². The molecule has 19 heavy (non-hydrogen) atoms. The van der Waals surface area contributed by atoms with E-state index in [1.165, 1.54) is 6.26 Å². The number of hydrogen-bond donors (Lipinski definition) is 0. The van der Waals surface area contributed by atoms with Gasteiger partial charge in [-0.3, -0.25) is 9.00 Å². The van der Waals surface area contributed by atoms with Gasteiger partial charge < -0.3 is 9.47 Å². The zero-order valence-corrected chi connectivity index (χ0v) is 12.6. The topological polar surface area (TPSA) is 52.6 Å². The number of carbonyl (C=O) groups excluding carboxylic acids is 1. The molecule has 1 aromatic carbocycles. The average molecular weight is 284 g/mol. The van der Waals surface area contributed by atoms with Crippen LogP contribution in [0.15, 0.2) is 24.3 Å². The molecule has 0 aliphatic carbocycles. The van der Waals surface area contributed by atoms with Crippen LogP contribution in [0, 0.1) is 0 Å². The monoisotopic (exact) mass is 284 g/mol. The van der Waals surface area contributed by atoms with Gasteiger partial charge in [0.1, 0.15) is 5.75 Å². The summed E-state index contributed by atoms with van der Waals surface area (Å²) in [6.45, 7) is 3.87. The van der Waals surface area contributed by atoms with Crippen molar-refractivity contribution in [3.63, 3.8) is 0 Å². The lowest BCUT2D eigenvalue weighted by atomic mass is 9.81. The van der Waals surface area contributed by atoms with Gasteiger partial charge in [0.15, 0.2) is 12.6 Å². The van der Waals surface area contributed by atoms with Gasteiger partial charge in [-0.05, 0) is 31.5 Å². The molecule has 0 bridgehead atoms. The van der Waals surface area contributed by atoms with Crippen molar-refractivity contribution in [3.05, 3.63) is 29.8 Å². The normalized spacial score (nSPS) is 13.1. The highest BCUT2D eigenvalue weighted by molar-refractivity contribution is 7.85. The highest BCUT2D eigenvalue weighted by Gasteiger charge is 2.29. The molecule has 0 saturated carbocycles. The molecule has 0 aliphatic heterocycles. The summed E-state index contributed by atoms with van der Waals surface area (Å²) in [5.74, 6) is 0.737. The third-order valence-electron chi connectivity index (χ3n) is 2.95. The first kappa shape index (κ1) is 15.9. The van der Waals surface area contributed by atoms with Crippen molar-refractivity contribution in [2.24, 2.45) is 0 Å². The summed E-state index contributed by atoms with van der Waals surface area (Å²) in [5, 5.41) is 0. The van der Waals surface area contributed by atoms with Crippen LogP contribution in [0.2, 0.25) is 0 Å². The van der Waals surface area contributed by atoms with Crippen molar-refractivity contribution in [1.29, 1.82) is 0 Å². The second kappa shape index (κ2) is 6.82. The summed E-state index contributed by atoms with van der Waals surface area (Å²) in [6.07, 6.45) is 1.54. The SMILES string of the molecule is COCOc1ccc(C(C)(C)C(=O)CS(C)=O)cc1. The molecule has 0 amide bonds. The van der Waals surface area contributed by atoms with Gasteiger partial charge in [-0.25, -0.2) is 0 Å². The van der Waals surface area contributed by atoms with Gasteiger partial charge >= 0.3 is 0 Å². The quantitative estimate of drug-likeness (QED) is 0.718. The lowest BCUT2D eigenvalue weighted by molar-refractivity contribution is -0.120. The van der Waals surface area contributed by atoms with E-state index in [9.17, 15) is 9.00 Å². The fourth-order valence-electron chi connectivity index (χ4n) is 1.62. The molecule has 0 saturated heterocycles. The highest BCUT2D eigenvalue weighted by Crippen LogP contribution is 2.26. The smallest absolute Gasteiger partial charge is 0.188 e. The number of hydrogen-bond acceptors (Lipinski definition) is 4. The summed E-state index contributed by atoms with van der Waals surface area (Å²) < 4.78 is 21.3. The van der Waals surface area contributed by atoms with Gasteiger partial charge in [-0.2, -0.15) is 0 Å². The molecule has 1 rings (SSSR count). The van der Waals surface area contributed by atoms with Gasteiger partial charge in [0, 0.05) is 29.6 Å². The predicted molar refractivity (Wildman–Crippen MR) is 75.9 cm³/mol. The minimum absolute atomic E-state index is 0.0288. The molecular formula is C14H20O4S. The Morgan fingerprint density at radius 1 is 1.26 bits per heavy atom. The van der Waals surface area contributed by atoms with E-state index in [0.29, 0.717) is 5.75 Å². The average Bonchev–Trinajstić information content (AvgIpc) is 2.36. The second-order valence-electron chi connectivity index (χ2n) is 4.84. The Morgan fingerprint density at radius 3 is 2.32 bits per heavy atom. The Hall–Kier alpha value is -1.20. The fraction of sp³-hybridized carbons (Fsp3) is 0.500. The number of Topliss-reactive ketones (excluding diaryl/α,β-unsaturated/α-hetero) is 1. The first-order valence-corrected chi connectivity index (χ1v) is 7.66. The first-order valence-electron chi connectivity index (χ1n) is 5.93. The molecule has 0 aliphatic rings. The molecule has 106 valence electrons. The molecule has 0 fully saturated rings. The molecule has 5 heteroatoms. The lowest BCUT2D eigenvalue weighted by Gasteiger charge is -2.23. The molecule has 4 nitrogen and oxygen atoms in total. The van der Waals surface area contributed by atoms with Crippen LogP contribution in [0.1, 0.15) is 19.4 Å². The molecule has 0 aromatic heterocycles. The van der Waals surface area contributed by atoms with E-state index in [4.69, 9.17) is 9.47 Å². The predicted octanol–water partition coefficient (Wildman–Crippen LogP) is 1.89. The van der Waals surface area contributed by atoms with Crippen LogP contribution in [0.3, 0.4) is 0 Å². The standard InChI is InChI=1S/C14H20O4S/c1-14(2,13(15)9-19(4)16)11-5-7-12(8-6-11)18-10-17-3/h5-8H,9-10H2,1-4H3. The largest absolute Gasteiger partial charge is 0.468 e. The zero-order chi connectivity index (χ0) is 14.5. The maximum absolute atomic E-state index is 12.1. The van der Waals surface area contributed by atoms with Crippen LogP contribution in [-0.4, -0.2) is 35.9 Å². The summed E-state index contributed by atoms with van der Waals surface area (Å²) in [4.78, 5) is 12.1. The molecule has 1 atom stereocenters. The number of benzene rings is 1. The minimum Gasteiger partial charge on any atom is -0.468 e. The fourth-order valence-corrected chi connectivity index (χ4v) is 2.35. The van der Waals surface area contributed by atoms with Gasteiger partial charge in [-0.15, -0.1) is 0 Å². The summed E-state index contributed by atoms with van der Waals surface area (Å²) in [7, 11) is 0.441. The number of carbonyl (C=O) groups is 1. The van der Waals surface area contributed by atoms with E-state index < -0.39 is 16.2 Å². The van der Waals surface area contributed by atoms with Crippen LogP contribution in [0.4, 0.5) is 0 Å². The number of rotatable bonds is 7. The zero-order valence-electron chi connectivity index (χ0n) is 11.8. The van der Waals surface area contributed by atoms with Crippen molar-refractivity contribution in [1.82, 2.24) is 0 Å². The van der Waals surface area contributed by atoms with E-state index in [0.717, 1.165) is 5.56 Å². The Morgan fingerprint density at radius 2 is 1.84 bits per heavy atom. The van der Waals surface area contributed by atoms with Crippen molar-refractivity contribution in [2.75, 3.05) is 25.9 Å². The van der Waals surface area contributed by atoms with Crippen molar-refractivity contribution < 1.29 is 18.5 Å². The molecule has 1 aromatic rings. The third-order valence-corrected chi connectivity index (χ3v) is 3.62. The highest BCUT2D eigenvalue weighted by atomic mass is 32.2. The Labute approximate surface area is 116 Å². The van der Waals surface area contributed by atoms with E-state index in [-0.39, 0.29) is 18.3 Å². The molecular weight excluding hydrogens is 264 g/mol. The summed E-state index contributed by atoms with van der Waals surface area (Å²) >= 11 is 0. The molecule has 1 unspecified atom stereocenters. The van der Waals surface area contributed by atoms with Gasteiger partial charge in [0.05, 0.1) is 5.75 Å². The van der Waals surface area contributed by atoms with Crippen LogP contribution in [-0.2, 0) is 25.7 Å². The van der Waals surface area contributed by atoms with Gasteiger partial charge in [0.2, 0.25) is 0 Å². The summed E-state index contributed by atoms with van der Waals surface area (Å²) in [6, 6.07) is 7.29. The van der Waals surface area contributed by atoms with Crippen molar-refractivity contribution in [3.8, 4) is 5.75 Å². The Bertz CT molecular complexity index is 451. The maximum Gasteiger partial charge on any atom is 0.188 e. The number of ketones is 1. The second-order valence-corrected chi connectivity index (χ2v) is 6.28. The molecule has 0 spiro atoms. The van der Waals surface area contributed by atoms with E-state index >= 15 is 0 Å². The summed E-state index contributed by atoms with van der Waals surface area (Å²) in [5.41, 5.74) is 0.235. The number of methoxy groups -OCH3 is 1. The third kappa shape index (κ3) is 4.44. The van der Waals surface area contributed by atoms with Gasteiger partial charge in [0.25, 0.3) is 0 Å². The lowest BCUT2D eigenvalue weighted by Crippen LogP contribution is -2.32. The molecule has 0 N–H and O–H groups in total. The van der Waals surface area contributed by atoms with Crippen LogP contribution >= 0.6 is 0 Å². The maximum atomic E-state index is 12.1. The van der Waals surface area contributed by atoms with Crippen molar-refractivity contribution >= 4 is 16.6 Å². The van der Waals surface area contributed by atoms with Gasteiger partial charge in [-0.1, -0.05) is 12.1 Å². The van der Waals surface area contributed by atoms with Crippen molar-refractivity contribution in [2.45, 2.75) is 19.3 Å². The minimum atomic E-state index is -1.12. The molecule has 0 heterocycles. The number of ether oxygens (including phenoxy) is 2.